The van der Waals surface area contributed by atoms with E-state index in [9.17, 15) is 0 Å². The zero-order valence-electron chi connectivity index (χ0n) is 10.8. The van der Waals surface area contributed by atoms with E-state index in [2.05, 4.69) is 13.0 Å². The van der Waals surface area contributed by atoms with Crippen molar-refractivity contribution in [3.63, 3.8) is 0 Å². The average molecular weight is 295 g/mol. The van der Waals surface area contributed by atoms with Crippen LogP contribution in [0.25, 0.3) is 0 Å². The van der Waals surface area contributed by atoms with Crippen LogP contribution >= 0.6 is 23.2 Å². The van der Waals surface area contributed by atoms with Crippen LogP contribution in [0.1, 0.15) is 25.3 Å². The van der Waals surface area contributed by atoms with Crippen molar-refractivity contribution in [2.75, 3.05) is 0 Å². The molecule has 0 aliphatic rings. The van der Waals surface area contributed by atoms with Crippen LogP contribution in [0.4, 0.5) is 0 Å². The van der Waals surface area contributed by atoms with E-state index in [0.717, 1.165) is 12.2 Å². The number of rotatable bonds is 5. The molecule has 0 aliphatic carbocycles. The summed E-state index contributed by atoms with van der Waals surface area (Å²) in [5, 5.41) is 0.949. The van der Waals surface area contributed by atoms with E-state index in [-0.39, 0.29) is 0 Å². The minimum atomic E-state index is 0.447. The van der Waals surface area contributed by atoms with Crippen molar-refractivity contribution in [2.24, 2.45) is 0 Å². The van der Waals surface area contributed by atoms with Crippen LogP contribution in [0.5, 0.6) is 11.5 Å². The highest BCUT2D eigenvalue weighted by Crippen LogP contribution is 2.34. The van der Waals surface area contributed by atoms with Gasteiger partial charge in [0.05, 0.1) is 5.02 Å². The third-order valence-corrected chi connectivity index (χ3v) is 3.66. The maximum Gasteiger partial charge on any atom is 0.147 e. The largest absolute Gasteiger partial charge is 0.456 e. The van der Waals surface area contributed by atoms with Gasteiger partial charge in [-0.05, 0) is 42.7 Å². The lowest BCUT2D eigenvalue weighted by Crippen LogP contribution is -1.89. The van der Waals surface area contributed by atoms with Crippen molar-refractivity contribution in [3.05, 3.63) is 58.1 Å². The first-order valence-electron chi connectivity index (χ1n) is 6.41. The number of halogens is 2. The molecular formula is C16H16Cl2O. The van der Waals surface area contributed by atoms with Gasteiger partial charge in [0.25, 0.3) is 0 Å². The highest BCUT2D eigenvalue weighted by Gasteiger charge is 2.06. The van der Waals surface area contributed by atoms with Crippen LogP contribution in [0, 0.1) is 0 Å². The second-order valence-electron chi connectivity index (χ2n) is 4.40. The molecule has 0 saturated heterocycles. The van der Waals surface area contributed by atoms with Crippen molar-refractivity contribution in [1.29, 1.82) is 0 Å². The average Bonchev–Trinajstić information content (AvgIpc) is 2.42. The Morgan fingerprint density at radius 3 is 2.63 bits per heavy atom. The molecule has 2 aromatic rings. The van der Waals surface area contributed by atoms with Crippen LogP contribution in [-0.4, -0.2) is 0 Å². The Hall–Kier alpha value is -1.18. The van der Waals surface area contributed by atoms with Gasteiger partial charge in [-0.15, -0.1) is 0 Å². The molecule has 19 heavy (non-hydrogen) atoms. The topological polar surface area (TPSA) is 9.23 Å². The Bertz CT molecular complexity index is 552. The molecule has 0 spiro atoms. The van der Waals surface area contributed by atoms with Crippen LogP contribution in [-0.2, 0) is 6.42 Å². The normalized spacial score (nSPS) is 10.5. The molecule has 3 heteroatoms. The van der Waals surface area contributed by atoms with Gasteiger partial charge in [-0.1, -0.05) is 54.7 Å². The lowest BCUT2D eigenvalue weighted by atomic mass is 10.1. The second kappa shape index (κ2) is 6.83. The first kappa shape index (κ1) is 14.2. The van der Waals surface area contributed by atoms with Crippen LogP contribution in [0.2, 0.25) is 10.0 Å². The Kier molecular flexibility index (Phi) is 5.12. The van der Waals surface area contributed by atoms with Crippen molar-refractivity contribution >= 4 is 23.2 Å². The third-order valence-electron chi connectivity index (χ3n) is 2.86. The molecule has 0 radical (unpaired) electrons. The molecule has 2 aromatic carbocycles. The summed E-state index contributed by atoms with van der Waals surface area (Å²) < 4.78 is 5.79. The summed E-state index contributed by atoms with van der Waals surface area (Å²) in [6.45, 7) is 2.19. The van der Waals surface area contributed by atoms with Gasteiger partial charge in [0.2, 0.25) is 0 Å². The fourth-order valence-electron chi connectivity index (χ4n) is 1.84. The molecule has 0 aliphatic heterocycles. The predicted octanol–water partition coefficient (Wildman–Crippen LogP) is 6.13. The fourth-order valence-corrected chi connectivity index (χ4v) is 2.17. The molecule has 1 nitrogen and oxygen atoms in total. The van der Waals surface area contributed by atoms with Crippen LogP contribution in [0.3, 0.4) is 0 Å². The SMILES string of the molecule is CCCCc1cccc(Oc2cccc(Cl)c2Cl)c1. The minimum absolute atomic E-state index is 0.447. The van der Waals surface area contributed by atoms with Crippen molar-refractivity contribution < 1.29 is 4.74 Å². The third kappa shape index (κ3) is 3.89. The molecule has 0 bridgehead atoms. The minimum Gasteiger partial charge on any atom is -0.456 e. The lowest BCUT2D eigenvalue weighted by Gasteiger charge is -2.09. The fraction of sp³-hybridized carbons (Fsp3) is 0.250. The molecule has 0 atom stereocenters. The summed E-state index contributed by atoms with van der Waals surface area (Å²) in [6.07, 6.45) is 3.43. The van der Waals surface area contributed by atoms with Gasteiger partial charge in [-0.25, -0.2) is 0 Å². The van der Waals surface area contributed by atoms with Crippen LogP contribution in [0.15, 0.2) is 42.5 Å². The van der Waals surface area contributed by atoms with E-state index in [0.29, 0.717) is 15.8 Å². The molecule has 0 fully saturated rings. The van der Waals surface area contributed by atoms with Crippen molar-refractivity contribution in [2.45, 2.75) is 26.2 Å². The van der Waals surface area contributed by atoms with Gasteiger partial charge in [0.15, 0.2) is 0 Å². The number of ether oxygens (including phenoxy) is 1. The molecular weight excluding hydrogens is 279 g/mol. The monoisotopic (exact) mass is 294 g/mol. The molecule has 0 N–H and O–H groups in total. The summed E-state index contributed by atoms with van der Waals surface area (Å²) in [5.74, 6) is 1.37. The number of unbranched alkanes of at least 4 members (excludes halogenated alkanes) is 1. The van der Waals surface area contributed by atoms with E-state index in [1.165, 1.54) is 18.4 Å². The van der Waals surface area contributed by atoms with Crippen LogP contribution < -0.4 is 4.74 Å². The lowest BCUT2D eigenvalue weighted by molar-refractivity contribution is 0.482. The molecule has 0 amide bonds. The van der Waals surface area contributed by atoms with Gasteiger partial charge in [0.1, 0.15) is 16.5 Å². The smallest absolute Gasteiger partial charge is 0.147 e. The summed E-state index contributed by atoms with van der Waals surface area (Å²) in [5.41, 5.74) is 1.28. The number of hydrogen-bond acceptors (Lipinski definition) is 1. The van der Waals surface area contributed by atoms with Gasteiger partial charge < -0.3 is 4.74 Å². The van der Waals surface area contributed by atoms with Gasteiger partial charge in [0, 0.05) is 0 Å². The molecule has 0 heterocycles. The highest BCUT2D eigenvalue weighted by atomic mass is 35.5. The Labute approximate surface area is 124 Å². The van der Waals surface area contributed by atoms with Gasteiger partial charge >= 0.3 is 0 Å². The summed E-state index contributed by atoms with van der Waals surface area (Å²) in [4.78, 5) is 0. The van der Waals surface area contributed by atoms with E-state index in [1.807, 2.05) is 30.3 Å². The maximum atomic E-state index is 6.11. The quantitative estimate of drug-likeness (QED) is 0.645. The zero-order valence-corrected chi connectivity index (χ0v) is 12.3. The Morgan fingerprint density at radius 2 is 1.84 bits per heavy atom. The van der Waals surface area contributed by atoms with E-state index in [1.54, 1.807) is 6.07 Å². The number of benzene rings is 2. The van der Waals surface area contributed by atoms with E-state index < -0.39 is 0 Å². The Morgan fingerprint density at radius 1 is 1.05 bits per heavy atom. The molecule has 0 unspecified atom stereocenters. The molecule has 0 saturated carbocycles. The van der Waals surface area contributed by atoms with Gasteiger partial charge in [-0.2, -0.15) is 0 Å². The van der Waals surface area contributed by atoms with Crippen molar-refractivity contribution in [1.82, 2.24) is 0 Å². The maximum absolute atomic E-state index is 6.11. The first-order chi connectivity index (χ1) is 9.20. The Balaban J connectivity index is 2.16. The molecule has 2 rings (SSSR count). The first-order valence-corrected chi connectivity index (χ1v) is 7.17. The zero-order chi connectivity index (χ0) is 13.7. The summed E-state index contributed by atoms with van der Waals surface area (Å²) >= 11 is 12.1. The van der Waals surface area contributed by atoms with E-state index >= 15 is 0 Å². The van der Waals surface area contributed by atoms with Crippen molar-refractivity contribution in [3.8, 4) is 11.5 Å². The standard InChI is InChI=1S/C16H16Cl2O/c1-2-3-6-12-7-4-8-13(11-12)19-15-10-5-9-14(17)16(15)18/h4-5,7-11H,2-3,6H2,1H3. The van der Waals surface area contributed by atoms with Gasteiger partial charge in [-0.3, -0.25) is 0 Å². The summed E-state index contributed by atoms with van der Waals surface area (Å²) in [6, 6.07) is 13.5. The number of hydrogen-bond donors (Lipinski definition) is 0. The highest BCUT2D eigenvalue weighted by molar-refractivity contribution is 6.42. The molecule has 100 valence electrons. The second-order valence-corrected chi connectivity index (χ2v) is 5.19. The molecule has 0 aromatic heterocycles. The predicted molar refractivity (Wildman–Crippen MR) is 81.6 cm³/mol. The summed E-state index contributed by atoms with van der Waals surface area (Å²) in [7, 11) is 0. The number of aryl methyl sites for hydroxylation is 1. The van der Waals surface area contributed by atoms with E-state index in [4.69, 9.17) is 27.9 Å².